The first-order valence-electron chi connectivity index (χ1n) is 11.4. The molecule has 0 aliphatic carbocycles. The molecule has 2 aliphatic rings. The molecule has 2 aromatic heterocycles. The zero-order chi connectivity index (χ0) is 25.5. The van der Waals surface area contributed by atoms with Crippen molar-refractivity contribution in [2.45, 2.75) is 44.1 Å². The SMILES string of the molecule is O=P(O)(O)CP(=O)(O)OC[C@@H]1CC[C@H](n2nnc3c(N4CCC[C@@H]4c4ccccc4)nc(Cl)nc32)O1. The Balaban J connectivity index is 1.35. The number of benzene rings is 1. The van der Waals surface area contributed by atoms with E-state index in [1.807, 2.05) is 18.2 Å². The summed E-state index contributed by atoms with van der Waals surface area (Å²) < 4.78 is 35.3. The zero-order valence-electron chi connectivity index (χ0n) is 19.0. The molecule has 0 bridgehead atoms. The topological polar surface area (TPSA) is 173 Å². The van der Waals surface area contributed by atoms with Crippen LogP contribution in [0.4, 0.5) is 5.82 Å². The number of fused-ring (bicyclic) bond motifs is 1. The van der Waals surface area contributed by atoms with Crippen molar-refractivity contribution >= 4 is 43.8 Å². The molecule has 194 valence electrons. The van der Waals surface area contributed by atoms with Gasteiger partial charge in [-0.3, -0.25) is 9.13 Å². The van der Waals surface area contributed by atoms with Crippen molar-refractivity contribution in [3.8, 4) is 0 Å². The molecule has 1 unspecified atom stereocenters. The fourth-order valence-corrected chi connectivity index (χ4v) is 7.44. The van der Waals surface area contributed by atoms with Crippen molar-refractivity contribution in [1.29, 1.82) is 0 Å². The van der Waals surface area contributed by atoms with Crippen LogP contribution in [0.25, 0.3) is 11.2 Å². The first-order valence-corrected chi connectivity index (χ1v) is 15.3. The smallest absolute Gasteiger partial charge is 0.340 e. The highest BCUT2D eigenvalue weighted by Gasteiger charge is 2.36. The number of aromatic nitrogens is 5. The lowest BCUT2D eigenvalue weighted by atomic mass is 10.0. The molecule has 3 N–H and O–H groups in total. The number of rotatable bonds is 8. The predicted molar refractivity (Wildman–Crippen MR) is 130 cm³/mol. The average molecular weight is 559 g/mol. The molecule has 4 heterocycles. The summed E-state index contributed by atoms with van der Waals surface area (Å²) in [6, 6.07) is 10.3. The Morgan fingerprint density at radius 2 is 1.89 bits per heavy atom. The molecule has 13 nitrogen and oxygen atoms in total. The molecule has 0 radical (unpaired) electrons. The van der Waals surface area contributed by atoms with Crippen LogP contribution in [0.3, 0.4) is 0 Å². The normalized spacial score (nSPS) is 24.4. The molecule has 36 heavy (non-hydrogen) atoms. The van der Waals surface area contributed by atoms with Gasteiger partial charge in [0.15, 0.2) is 29.1 Å². The average Bonchev–Trinajstić information content (AvgIpc) is 3.55. The molecule has 2 fully saturated rings. The molecule has 2 aliphatic heterocycles. The summed E-state index contributed by atoms with van der Waals surface area (Å²) >= 11 is 6.31. The molecule has 0 amide bonds. The minimum Gasteiger partial charge on any atom is -0.351 e. The Labute approximate surface area is 211 Å². The second kappa shape index (κ2) is 10.1. The Hall–Kier alpha value is -1.95. The maximum Gasteiger partial charge on any atom is 0.340 e. The highest BCUT2D eigenvalue weighted by atomic mass is 35.5. The number of ether oxygens (including phenoxy) is 1. The predicted octanol–water partition coefficient (Wildman–Crippen LogP) is 3.23. The van der Waals surface area contributed by atoms with Crippen LogP contribution in [-0.2, 0) is 18.4 Å². The van der Waals surface area contributed by atoms with Crippen LogP contribution in [0.15, 0.2) is 30.3 Å². The van der Waals surface area contributed by atoms with Gasteiger partial charge < -0.3 is 28.8 Å². The second-order valence-electron chi connectivity index (χ2n) is 8.81. The monoisotopic (exact) mass is 558 g/mol. The third-order valence-electron chi connectivity index (χ3n) is 6.17. The summed E-state index contributed by atoms with van der Waals surface area (Å²) in [4.78, 5) is 38.6. The van der Waals surface area contributed by atoms with Crippen LogP contribution >= 0.6 is 26.8 Å². The third-order valence-corrected chi connectivity index (χ3v) is 9.80. The van der Waals surface area contributed by atoms with Gasteiger partial charge >= 0.3 is 15.2 Å². The summed E-state index contributed by atoms with van der Waals surface area (Å²) in [5.74, 6) is -0.651. The van der Waals surface area contributed by atoms with Crippen molar-refractivity contribution in [3.05, 3.63) is 41.2 Å². The van der Waals surface area contributed by atoms with Gasteiger partial charge in [-0.25, -0.2) is 0 Å². The van der Waals surface area contributed by atoms with Gasteiger partial charge in [-0.15, -0.1) is 5.10 Å². The minimum absolute atomic E-state index is 0.0521. The Morgan fingerprint density at radius 1 is 1.11 bits per heavy atom. The van der Waals surface area contributed by atoms with Gasteiger partial charge in [-0.2, -0.15) is 14.6 Å². The first kappa shape index (κ1) is 25.7. The molecule has 0 spiro atoms. The van der Waals surface area contributed by atoms with Crippen LogP contribution in [0.5, 0.6) is 0 Å². The first-order chi connectivity index (χ1) is 17.1. The van der Waals surface area contributed by atoms with E-state index in [9.17, 15) is 14.0 Å². The maximum absolute atomic E-state index is 11.9. The third kappa shape index (κ3) is 5.64. The largest absolute Gasteiger partial charge is 0.351 e. The molecule has 0 saturated carbocycles. The van der Waals surface area contributed by atoms with Crippen LogP contribution in [-0.4, -0.2) is 64.8 Å². The van der Waals surface area contributed by atoms with Gasteiger partial charge in [0.25, 0.3) is 0 Å². The van der Waals surface area contributed by atoms with Crippen LogP contribution in [0.2, 0.25) is 5.28 Å². The summed E-state index contributed by atoms with van der Waals surface area (Å²) in [5, 5.41) is 8.63. The number of hydrogen-bond acceptors (Lipinski definition) is 9. The fraction of sp³-hybridized carbons (Fsp3) is 0.500. The number of nitrogens with zero attached hydrogens (tertiary/aromatic N) is 6. The van der Waals surface area contributed by atoms with E-state index in [-0.39, 0.29) is 17.9 Å². The van der Waals surface area contributed by atoms with Crippen LogP contribution < -0.4 is 4.90 Å². The van der Waals surface area contributed by atoms with Crippen molar-refractivity contribution in [2.24, 2.45) is 0 Å². The van der Waals surface area contributed by atoms with Crippen molar-refractivity contribution in [3.63, 3.8) is 0 Å². The number of hydrogen-bond donors (Lipinski definition) is 3. The van der Waals surface area contributed by atoms with Gasteiger partial charge in [0, 0.05) is 6.54 Å². The van der Waals surface area contributed by atoms with E-state index in [4.69, 9.17) is 30.6 Å². The van der Waals surface area contributed by atoms with E-state index in [1.54, 1.807) is 0 Å². The quantitative estimate of drug-likeness (QED) is 0.272. The Bertz CT molecular complexity index is 1340. The molecule has 3 aromatic rings. The lowest BCUT2D eigenvalue weighted by molar-refractivity contribution is -0.0239. The Morgan fingerprint density at radius 3 is 2.64 bits per heavy atom. The number of anilines is 1. The van der Waals surface area contributed by atoms with Gasteiger partial charge in [0.05, 0.1) is 18.8 Å². The molecular formula is C20H25ClN6O7P2. The van der Waals surface area contributed by atoms with Crippen LogP contribution in [0.1, 0.15) is 43.5 Å². The lowest BCUT2D eigenvalue weighted by Crippen LogP contribution is -2.24. The van der Waals surface area contributed by atoms with E-state index < -0.39 is 33.4 Å². The zero-order valence-corrected chi connectivity index (χ0v) is 21.5. The van der Waals surface area contributed by atoms with Crippen LogP contribution in [0, 0.1) is 0 Å². The van der Waals surface area contributed by atoms with Gasteiger partial charge in [-0.05, 0) is 42.8 Å². The minimum atomic E-state index is -4.70. The number of halogens is 1. The van der Waals surface area contributed by atoms with E-state index >= 15 is 0 Å². The summed E-state index contributed by atoms with van der Waals surface area (Å²) in [6.45, 7) is 0.481. The van der Waals surface area contributed by atoms with E-state index in [0.717, 1.165) is 19.4 Å². The van der Waals surface area contributed by atoms with Crippen molar-refractivity contribution in [2.75, 3.05) is 24.0 Å². The molecule has 2 saturated heterocycles. The molecule has 5 rings (SSSR count). The highest BCUT2D eigenvalue weighted by Crippen LogP contribution is 2.55. The molecule has 1 aromatic carbocycles. The van der Waals surface area contributed by atoms with Crippen molar-refractivity contribution < 1.29 is 33.1 Å². The molecule has 4 atom stereocenters. The molecular weight excluding hydrogens is 534 g/mol. The van der Waals surface area contributed by atoms with Gasteiger partial charge in [-0.1, -0.05) is 35.5 Å². The molecule has 16 heteroatoms. The van der Waals surface area contributed by atoms with Gasteiger partial charge in [0.2, 0.25) is 5.28 Å². The summed E-state index contributed by atoms with van der Waals surface area (Å²) in [6.07, 6.45) is 1.76. The fourth-order valence-electron chi connectivity index (χ4n) is 4.69. The van der Waals surface area contributed by atoms with E-state index in [2.05, 4.69) is 37.3 Å². The van der Waals surface area contributed by atoms with Gasteiger partial charge in [0.1, 0.15) is 0 Å². The highest BCUT2D eigenvalue weighted by molar-refractivity contribution is 7.70. The maximum atomic E-state index is 11.9. The summed E-state index contributed by atoms with van der Waals surface area (Å²) in [5.41, 5.74) is 2.07. The standard InChI is InChI=1S/C20H25ClN6O7P2/c21-20-22-18(26-10-4-7-15(26)13-5-2-1-3-6-13)17-19(23-20)27(25-24-17)16-9-8-14(34-16)11-33-36(31,32)12-35(28,29)30/h1-3,5-6,14-16H,4,7-12H2,(H,31,32)(H2,28,29,30)/t14-,15+,16+/m0/s1. The van der Waals surface area contributed by atoms with Crippen molar-refractivity contribution in [1.82, 2.24) is 25.0 Å². The summed E-state index contributed by atoms with van der Waals surface area (Å²) in [7, 11) is -9.17. The van der Waals surface area contributed by atoms with E-state index in [1.165, 1.54) is 10.2 Å². The lowest BCUT2D eigenvalue weighted by Gasteiger charge is -2.26. The van der Waals surface area contributed by atoms with E-state index in [0.29, 0.717) is 29.8 Å². The Kier molecular flexibility index (Phi) is 7.19. The second-order valence-corrected chi connectivity index (χ2v) is 13.1.